The van der Waals surface area contributed by atoms with E-state index in [0.29, 0.717) is 10.2 Å². The number of sulfonamides is 1. The number of nitrogens with two attached hydrogens (primary N) is 1. The van der Waals surface area contributed by atoms with Crippen LogP contribution >= 0.6 is 15.9 Å². The number of anilines is 1. The molecular formula is C13H20BrN3O2S. The van der Waals surface area contributed by atoms with Crippen LogP contribution in [0.5, 0.6) is 0 Å². The summed E-state index contributed by atoms with van der Waals surface area (Å²) in [5, 5.41) is 0. The van der Waals surface area contributed by atoms with E-state index in [9.17, 15) is 8.42 Å². The standard InChI is InChI=1S/C13H20BrN3O2S/c1-10(9-17-6-2-3-7-17)16-20(18,19)13-5-4-11(15)8-12(13)14/h4-5,8,10,16H,2-3,6-7,9,15H2,1H3. The summed E-state index contributed by atoms with van der Waals surface area (Å²) in [6.45, 7) is 4.74. The van der Waals surface area contributed by atoms with Crippen molar-refractivity contribution >= 4 is 31.6 Å². The lowest BCUT2D eigenvalue weighted by Crippen LogP contribution is -2.41. The molecule has 0 spiro atoms. The maximum atomic E-state index is 12.3. The first kappa shape index (κ1) is 15.8. The number of likely N-dealkylation sites (tertiary alicyclic amines) is 1. The highest BCUT2D eigenvalue weighted by atomic mass is 79.9. The molecule has 112 valence electrons. The van der Waals surface area contributed by atoms with Crippen LogP contribution in [0, 0.1) is 0 Å². The summed E-state index contributed by atoms with van der Waals surface area (Å²) in [7, 11) is -3.53. The minimum Gasteiger partial charge on any atom is -0.399 e. The number of rotatable bonds is 5. The van der Waals surface area contributed by atoms with E-state index in [1.165, 1.54) is 18.9 Å². The van der Waals surface area contributed by atoms with Crippen molar-refractivity contribution in [3.8, 4) is 0 Å². The molecule has 1 unspecified atom stereocenters. The summed E-state index contributed by atoms with van der Waals surface area (Å²) in [6, 6.07) is 4.58. The van der Waals surface area contributed by atoms with Crippen molar-refractivity contribution in [1.29, 1.82) is 0 Å². The molecule has 1 aromatic carbocycles. The van der Waals surface area contributed by atoms with Gasteiger partial charge in [0.15, 0.2) is 0 Å². The second kappa shape index (κ2) is 6.43. The lowest BCUT2D eigenvalue weighted by atomic mass is 10.3. The van der Waals surface area contributed by atoms with Gasteiger partial charge >= 0.3 is 0 Å². The summed E-state index contributed by atoms with van der Waals surface area (Å²) in [6.07, 6.45) is 2.39. The van der Waals surface area contributed by atoms with E-state index < -0.39 is 10.0 Å². The van der Waals surface area contributed by atoms with Crippen LogP contribution in [0.4, 0.5) is 5.69 Å². The fraction of sp³-hybridized carbons (Fsp3) is 0.538. The van der Waals surface area contributed by atoms with Gasteiger partial charge in [0.2, 0.25) is 10.0 Å². The maximum absolute atomic E-state index is 12.3. The van der Waals surface area contributed by atoms with E-state index in [1.807, 2.05) is 6.92 Å². The molecule has 0 aromatic heterocycles. The van der Waals surface area contributed by atoms with Crippen molar-refractivity contribution in [2.24, 2.45) is 0 Å². The van der Waals surface area contributed by atoms with Crippen molar-refractivity contribution in [2.75, 3.05) is 25.4 Å². The Morgan fingerprint density at radius 1 is 1.40 bits per heavy atom. The van der Waals surface area contributed by atoms with Gasteiger partial charge in [-0.25, -0.2) is 13.1 Å². The predicted octanol–water partition coefficient (Wildman–Crippen LogP) is 1.79. The summed E-state index contributed by atoms with van der Waals surface area (Å²) >= 11 is 3.25. The minimum absolute atomic E-state index is 0.123. The summed E-state index contributed by atoms with van der Waals surface area (Å²) in [5.74, 6) is 0. The second-order valence-electron chi connectivity index (χ2n) is 5.22. The van der Waals surface area contributed by atoms with Crippen LogP contribution in [-0.2, 0) is 10.0 Å². The van der Waals surface area contributed by atoms with E-state index in [1.54, 1.807) is 12.1 Å². The van der Waals surface area contributed by atoms with Gasteiger partial charge in [-0.3, -0.25) is 0 Å². The van der Waals surface area contributed by atoms with Gasteiger partial charge in [0, 0.05) is 22.7 Å². The fourth-order valence-electron chi connectivity index (χ4n) is 2.45. The molecule has 3 N–H and O–H groups in total. The largest absolute Gasteiger partial charge is 0.399 e. The molecule has 2 rings (SSSR count). The topological polar surface area (TPSA) is 75.4 Å². The molecule has 7 heteroatoms. The smallest absolute Gasteiger partial charge is 0.241 e. The first-order chi connectivity index (χ1) is 9.38. The fourth-order valence-corrected chi connectivity index (χ4v) is 4.78. The molecule has 1 aliphatic heterocycles. The molecule has 1 saturated heterocycles. The number of nitrogen functional groups attached to an aromatic ring is 1. The number of halogens is 1. The number of nitrogens with zero attached hydrogens (tertiary/aromatic N) is 1. The maximum Gasteiger partial charge on any atom is 0.241 e. The Hall–Kier alpha value is -0.630. The van der Waals surface area contributed by atoms with Gasteiger partial charge in [0.05, 0.1) is 4.90 Å². The molecule has 1 fully saturated rings. The SMILES string of the molecule is CC(CN1CCCC1)NS(=O)(=O)c1ccc(N)cc1Br. The van der Waals surface area contributed by atoms with Crippen LogP contribution < -0.4 is 10.5 Å². The highest BCUT2D eigenvalue weighted by Crippen LogP contribution is 2.24. The second-order valence-corrected chi connectivity index (χ2v) is 7.76. The molecule has 20 heavy (non-hydrogen) atoms. The van der Waals surface area contributed by atoms with Gasteiger partial charge in [-0.2, -0.15) is 0 Å². The monoisotopic (exact) mass is 361 g/mol. The van der Waals surface area contributed by atoms with Crippen LogP contribution in [0.1, 0.15) is 19.8 Å². The molecule has 0 saturated carbocycles. The first-order valence-corrected chi connectivity index (χ1v) is 8.96. The molecule has 5 nitrogen and oxygen atoms in total. The van der Waals surface area contributed by atoms with Crippen molar-refractivity contribution in [2.45, 2.75) is 30.7 Å². The van der Waals surface area contributed by atoms with Crippen molar-refractivity contribution < 1.29 is 8.42 Å². The lowest BCUT2D eigenvalue weighted by Gasteiger charge is -2.21. The Kier molecular flexibility index (Phi) is 5.06. The van der Waals surface area contributed by atoms with Crippen LogP contribution in [0.15, 0.2) is 27.6 Å². The van der Waals surface area contributed by atoms with E-state index in [0.717, 1.165) is 19.6 Å². The Bertz CT molecular complexity index is 571. The third kappa shape index (κ3) is 3.94. The van der Waals surface area contributed by atoms with E-state index >= 15 is 0 Å². The van der Waals surface area contributed by atoms with Gasteiger partial charge in [0.25, 0.3) is 0 Å². The van der Waals surface area contributed by atoms with Crippen LogP contribution in [-0.4, -0.2) is 39.0 Å². The number of nitrogens with one attached hydrogen (secondary N) is 1. The van der Waals surface area contributed by atoms with Gasteiger partial charge in [0.1, 0.15) is 0 Å². The highest BCUT2D eigenvalue weighted by molar-refractivity contribution is 9.10. The van der Waals surface area contributed by atoms with Crippen LogP contribution in [0.25, 0.3) is 0 Å². The molecule has 0 radical (unpaired) electrons. The summed E-state index contributed by atoms with van der Waals surface area (Å²) < 4.78 is 27.9. The quantitative estimate of drug-likeness (QED) is 0.784. The number of hydrogen-bond donors (Lipinski definition) is 2. The summed E-state index contributed by atoms with van der Waals surface area (Å²) in [4.78, 5) is 2.51. The van der Waals surface area contributed by atoms with Gasteiger partial charge in [-0.1, -0.05) is 0 Å². The molecular weight excluding hydrogens is 342 g/mol. The molecule has 0 bridgehead atoms. The van der Waals surface area contributed by atoms with E-state index in [2.05, 4.69) is 25.6 Å². The van der Waals surface area contributed by atoms with Crippen LogP contribution in [0.3, 0.4) is 0 Å². The third-order valence-corrected chi connectivity index (χ3v) is 5.90. The van der Waals surface area contributed by atoms with Crippen molar-refractivity contribution in [3.63, 3.8) is 0 Å². The Labute approximate surface area is 128 Å². The molecule has 1 aromatic rings. The normalized spacial score (nSPS) is 18.3. The molecule has 1 aliphatic rings. The van der Waals surface area contributed by atoms with E-state index in [4.69, 9.17) is 5.73 Å². The van der Waals surface area contributed by atoms with Gasteiger partial charge < -0.3 is 10.6 Å². The predicted molar refractivity (Wildman–Crippen MR) is 84.0 cm³/mol. The summed E-state index contributed by atoms with van der Waals surface area (Å²) in [5.41, 5.74) is 6.16. The van der Waals surface area contributed by atoms with Crippen molar-refractivity contribution in [3.05, 3.63) is 22.7 Å². The molecule has 1 atom stereocenters. The Balaban J connectivity index is 2.06. The minimum atomic E-state index is -3.53. The van der Waals surface area contributed by atoms with E-state index in [-0.39, 0.29) is 10.9 Å². The molecule has 1 heterocycles. The number of benzene rings is 1. The Morgan fingerprint density at radius 3 is 2.65 bits per heavy atom. The zero-order valence-electron chi connectivity index (χ0n) is 11.5. The average molecular weight is 362 g/mol. The third-order valence-electron chi connectivity index (χ3n) is 3.33. The van der Waals surface area contributed by atoms with Gasteiger partial charge in [-0.15, -0.1) is 0 Å². The Morgan fingerprint density at radius 2 is 2.05 bits per heavy atom. The van der Waals surface area contributed by atoms with Crippen molar-refractivity contribution in [1.82, 2.24) is 9.62 Å². The highest BCUT2D eigenvalue weighted by Gasteiger charge is 2.22. The van der Waals surface area contributed by atoms with Crippen LogP contribution in [0.2, 0.25) is 0 Å². The first-order valence-electron chi connectivity index (χ1n) is 6.68. The zero-order valence-corrected chi connectivity index (χ0v) is 13.9. The molecule has 0 amide bonds. The van der Waals surface area contributed by atoms with Gasteiger partial charge in [-0.05, 0) is 67.0 Å². The molecule has 0 aliphatic carbocycles. The zero-order chi connectivity index (χ0) is 14.8. The number of hydrogen-bond acceptors (Lipinski definition) is 4. The average Bonchev–Trinajstić information content (AvgIpc) is 2.79. The lowest BCUT2D eigenvalue weighted by molar-refractivity contribution is 0.313.